The minimum atomic E-state index is -0.735. The molecular formula is C9H13N3O5. The number of hydroxylamine groups is 4. The molecule has 8 heteroatoms. The maximum atomic E-state index is 11.6. The van der Waals surface area contributed by atoms with Crippen LogP contribution in [-0.4, -0.2) is 64.3 Å². The number of carbonyl (C=O) groups excluding carboxylic acids is 3. The Morgan fingerprint density at radius 1 is 1.06 bits per heavy atom. The molecule has 0 aliphatic carbocycles. The van der Waals surface area contributed by atoms with E-state index in [-0.39, 0.29) is 12.8 Å². The lowest BCUT2D eigenvalue weighted by atomic mass is 10.4. The van der Waals surface area contributed by atoms with Gasteiger partial charge >= 0.3 is 6.09 Å². The van der Waals surface area contributed by atoms with Gasteiger partial charge in [-0.05, 0) is 0 Å². The van der Waals surface area contributed by atoms with Crippen LogP contribution in [0.15, 0.2) is 0 Å². The maximum Gasteiger partial charge on any atom is 0.434 e. The second kappa shape index (κ2) is 4.68. The molecule has 0 spiro atoms. The Hall–Kier alpha value is -1.67. The molecule has 2 saturated heterocycles. The molecule has 2 fully saturated rings. The first kappa shape index (κ1) is 11.8. The van der Waals surface area contributed by atoms with Crippen molar-refractivity contribution < 1.29 is 24.4 Å². The van der Waals surface area contributed by atoms with Crippen LogP contribution in [-0.2, 0) is 14.4 Å². The van der Waals surface area contributed by atoms with Gasteiger partial charge in [0.15, 0.2) is 0 Å². The molecule has 2 aliphatic heterocycles. The zero-order chi connectivity index (χ0) is 12.4. The first-order valence-corrected chi connectivity index (χ1v) is 5.34. The van der Waals surface area contributed by atoms with Gasteiger partial charge in [-0.3, -0.25) is 9.59 Å². The molecule has 0 aromatic rings. The number of rotatable bonds is 1. The molecule has 17 heavy (non-hydrogen) atoms. The van der Waals surface area contributed by atoms with Crippen molar-refractivity contribution in [3.63, 3.8) is 0 Å². The van der Waals surface area contributed by atoms with Crippen molar-refractivity contribution in [1.29, 1.82) is 0 Å². The highest BCUT2D eigenvalue weighted by atomic mass is 16.7. The molecular weight excluding hydrogens is 230 g/mol. The van der Waals surface area contributed by atoms with Gasteiger partial charge in [0.1, 0.15) is 0 Å². The van der Waals surface area contributed by atoms with E-state index < -0.39 is 17.9 Å². The molecule has 94 valence electrons. The monoisotopic (exact) mass is 243 g/mol. The topological polar surface area (TPSA) is 90.4 Å². The number of imide groups is 1. The van der Waals surface area contributed by atoms with Crippen molar-refractivity contribution in [2.45, 2.75) is 12.8 Å². The van der Waals surface area contributed by atoms with E-state index in [2.05, 4.69) is 0 Å². The van der Waals surface area contributed by atoms with E-state index in [0.29, 0.717) is 31.2 Å². The van der Waals surface area contributed by atoms with Gasteiger partial charge in [0, 0.05) is 39.0 Å². The Balaban J connectivity index is 1.88. The van der Waals surface area contributed by atoms with Gasteiger partial charge in [-0.1, -0.05) is 0 Å². The number of hydrogen-bond acceptors (Lipinski definition) is 6. The van der Waals surface area contributed by atoms with E-state index in [1.54, 1.807) is 0 Å². The van der Waals surface area contributed by atoms with E-state index in [1.807, 2.05) is 0 Å². The van der Waals surface area contributed by atoms with Crippen LogP contribution in [0.4, 0.5) is 4.79 Å². The summed E-state index contributed by atoms with van der Waals surface area (Å²) in [6.07, 6.45) is -0.575. The van der Waals surface area contributed by atoms with Crippen LogP contribution < -0.4 is 0 Å². The fourth-order valence-electron chi connectivity index (χ4n) is 1.67. The highest BCUT2D eigenvalue weighted by Crippen LogP contribution is 2.13. The molecule has 1 N–H and O–H groups in total. The molecule has 0 aromatic carbocycles. The third-order valence-corrected chi connectivity index (χ3v) is 2.69. The van der Waals surface area contributed by atoms with Gasteiger partial charge in [0.25, 0.3) is 11.8 Å². The summed E-state index contributed by atoms with van der Waals surface area (Å²) in [6, 6.07) is 0. The van der Waals surface area contributed by atoms with Crippen LogP contribution in [0.2, 0.25) is 0 Å². The molecule has 2 heterocycles. The normalized spacial score (nSPS) is 22.2. The minimum absolute atomic E-state index is 0.0799. The predicted octanol–water partition coefficient (Wildman–Crippen LogP) is -0.806. The van der Waals surface area contributed by atoms with Crippen molar-refractivity contribution in [2.24, 2.45) is 0 Å². The van der Waals surface area contributed by atoms with Crippen LogP contribution >= 0.6 is 0 Å². The molecule has 3 amide bonds. The first-order valence-electron chi connectivity index (χ1n) is 5.34. The molecule has 0 bridgehead atoms. The Kier molecular flexibility index (Phi) is 3.25. The van der Waals surface area contributed by atoms with Gasteiger partial charge in [0.05, 0.1) is 0 Å². The van der Waals surface area contributed by atoms with Crippen molar-refractivity contribution in [3.05, 3.63) is 0 Å². The van der Waals surface area contributed by atoms with E-state index in [9.17, 15) is 14.4 Å². The number of carbonyl (C=O) groups is 3. The average Bonchev–Trinajstić information content (AvgIpc) is 2.61. The quantitative estimate of drug-likeness (QED) is 0.606. The largest absolute Gasteiger partial charge is 0.434 e. The Bertz CT molecular complexity index is 335. The van der Waals surface area contributed by atoms with E-state index >= 15 is 0 Å². The Labute approximate surface area is 97.2 Å². The summed E-state index contributed by atoms with van der Waals surface area (Å²) >= 11 is 0. The second-order valence-electron chi connectivity index (χ2n) is 3.88. The Morgan fingerprint density at radius 3 is 2.12 bits per heavy atom. The summed E-state index contributed by atoms with van der Waals surface area (Å²) in [7, 11) is 0. The highest BCUT2D eigenvalue weighted by Gasteiger charge is 2.34. The lowest BCUT2D eigenvalue weighted by molar-refractivity contribution is -0.175. The highest BCUT2D eigenvalue weighted by molar-refractivity contribution is 6.01. The van der Waals surface area contributed by atoms with Crippen molar-refractivity contribution in [1.82, 2.24) is 15.0 Å². The number of amides is 3. The van der Waals surface area contributed by atoms with Crippen LogP contribution in [0.5, 0.6) is 0 Å². The van der Waals surface area contributed by atoms with Gasteiger partial charge in [-0.15, -0.1) is 5.06 Å². The molecule has 0 radical (unpaired) electrons. The standard InChI is InChI=1S/C9H13N3O5/c13-7-1-2-8(14)12(7)17-9(15)10-3-5-11(16)6-4-10/h16H,1-6H2. The molecule has 0 unspecified atom stereocenters. The van der Waals surface area contributed by atoms with Crippen LogP contribution in [0.3, 0.4) is 0 Å². The SMILES string of the molecule is O=C(ON1C(=O)CCC1=O)N1CCN(O)CC1. The number of nitrogens with zero attached hydrogens (tertiary/aromatic N) is 3. The molecule has 0 aromatic heterocycles. The van der Waals surface area contributed by atoms with Crippen molar-refractivity contribution in [3.8, 4) is 0 Å². The van der Waals surface area contributed by atoms with Gasteiger partial charge in [-0.25, -0.2) is 4.79 Å². The smallest absolute Gasteiger partial charge is 0.314 e. The summed E-state index contributed by atoms with van der Waals surface area (Å²) in [5.74, 6) is -0.992. The third-order valence-electron chi connectivity index (χ3n) is 2.69. The molecule has 0 atom stereocenters. The number of piperazine rings is 1. The van der Waals surface area contributed by atoms with E-state index in [0.717, 1.165) is 5.06 Å². The summed E-state index contributed by atoms with van der Waals surface area (Å²) in [4.78, 5) is 40.1. The lowest BCUT2D eigenvalue weighted by Gasteiger charge is -2.30. The molecule has 8 nitrogen and oxygen atoms in total. The van der Waals surface area contributed by atoms with Crippen LogP contribution in [0.25, 0.3) is 0 Å². The molecule has 0 saturated carbocycles. The third kappa shape index (κ3) is 2.53. The first-order chi connectivity index (χ1) is 8.08. The summed E-state index contributed by atoms with van der Waals surface area (Å²) in [6.45, 7) is 1.23. The van der Waals surface area contributed by atoms with E-state index in [4.69, 9.17) is 10.0 Å². The van der Waals surface area contributed by atoms with Crippen LogP contribution in [0.1, 0.15) is 12.8 Å². The summed E-state index contributed by atoms with van der Waals surface area (Å²) in [5, 5.41) is 10.7. The maximum absolute atomic E-state index is 11.6. The fraction of sp³-hybridized carbons (Fsp3) is 0.667. The zero-order valence-electron chi connectivity index (χ0n) is 9.16. The fourth-order valence-corrected chi connectivity index (χ4v) is 1.67. The minimum Gasteiger partial charge on any atom is -0.314 e. The van der Waals surface area contributed by atoms with Crippen molar-refractivity contribution in [2.75, 3.05) is 26.2 Å². The lowest BCUT2D eigenvalue weighted by Crippen LogP contribution is -2.49. The summed E-state index contributed by atoms with van der Waals surface area (Å²) < 4.78 is 0. The van der Waals surface area contributed by atoms with Gasteiger partial charge in [0.2, 0.25) is 0 Å². The van der Waals surface area contributed by atoms with E-state index in [1.165, 1.54) is 4.90 Å². The van der Waals surface area contributed by atoms with Crippen LogP contribution in [0, 0.1) is 0 Å². The second-order valence-corrected chi connectivity index (χ2v) is 3.88. The average molecular weight is 243 g/mol. The Morgan fingerprint density at radius 2 is 1.59 bits per heavy atom. The van der Waals surface area contributed by atoms with Gasteiger partial charge in [-0.2, -0.15) is 5.06 Å². The molecule has 2 aliphatic rings. The molecule has 2 rings (SSSR count). The summed E-state index contributed by atoms with van der Waals surface area (Å²) in [5.41, 5.74) is 0. The van der Waals surface area contributed by atoms with Crippen molar-refractivity contribution >= 4 is 17.9 Å². The number of hydrogen-bond donors (Lipinski definition) is 1. The van der Waals surface area contributed by atoms with Gasteiger partial charge < -0.3 is 14.9 Å². The zero-order valence-corrected chi connectivity index (χ0v) is 9.16. The predicted molar refractivity (Wildman–Crippen MR) is 52.5 cm³/mol.